The molecule has 0 aliphatic carbocycles. The standard InChI is InChI=1S/C12H14FNO3/c13-10-3-1-8(2-4-10)11-6-14(12(16)17)5-9(11)7-15/h1-4,9,11,15H,5-7H2,(H,16,17). The molecule has 1 aliphatic heterocycles. The molecule has 2 rings (SSSR count). The molecule has 0 bridgehead atoms. The highest BCUT2D eigenvalue weighted by Gasteiger charge is 2.35. The number of carbonyl (C=O) groups is 1. The van der Waals surface area contributed by atoms with E-state index in [-0.39, 0.29) is 24.3 Å². The Bertz CT molecular complexity index is 407. The van der Waals surface area contributed by atoms with E-state index in [1.807, 2.05) is 0 Å². The SMILES string of the molecule is O=C(O)N1CC(CO)C(c2ccc(F)cc2)C1. The number of carboxylic acid groups (broad SMARTS) is 1. The van der Waals surface area contributed by atoms with E-state index in [9.17, 15) is 14.3 Å². The summed E-state index contributed by atoms with van der Waals surface area (Å²) >= 11 is 0. The van der Waals surface area contributed by atoms with Gasteiger partial charge in [-0.05, 0) is 17.7 Å². The third-order valence-corrected chi connectivity index (χ3v) is 3.24. The number of hydrogen-bond acceptors (Lipinski definition) is 2. The molecule has 1 aromatic rings. The van der Waals surface area contributed by atoms with Crippen LogP contribution in [0.15, 0.2) is 24.3 Å². The Balaban J connectivity index is 2.19. The van der Waals surface area contributed by atoms with Gasteiger partial charge in [0.1, 0.15) is 5.82 Å². The summed E-state index contributed by atoms with van der Waals surface area (Å²) in [6.07, 6.45) is -0.979. The second-order valence-corrected chi connectivity index (χ2v) is 4.29. The van der Waals surface area contributed by atoms with Gasteiger partial charge in [0, 0.05) is 31.5 Å². The molecule has 2 N–H and O–H groups in total. The molecular weight excluding hydrogens is 225 g/mol. The van der Waals surface area contributed by atoms with E-state index >= 15 is 0 Å². The van der Waals surface area contributed by atoms with Crippen molar-refractivity contribution in [2.75, 3.05) is 19.7 Å². The summed E-state index contributed by atoms with van der Waals surface area (Å²) in [5.74, 6) is -0.490. The first-order chi connectivity index (χ1) is 8.11. The van der Waals surface area contributed by atoms with Crippen molar-refractivity contribution in [2.24, 2.45) is 5.92 Å². The molecule has 1 aliphatic rings. The Hall–Kier alpha value is -1.62. The minimum atomic E-state index is -0.979. The molecule has 1 fully saturated rings. The van der Waals surface area contributed by atoms with E-state index in [1.165, 1.54) is 17.0 Å². The van der Waals surface area contributed by atoms with Crippen LogP contribution in [0.5, 0.6) is 0 Å². The number of rotatable bonds is 2. The van der Waals surface area contributed by atoms with Crippen molar-refractivity contribution >= 4 is 6.09 Å². The highest BCUT2D eigenvalue weighted by atomic mass is 19.1. The zero-order chi connectivity index (χ0) is 12.4. The zero-order valence-corrected chi connectivity index (χ0v) is 9.21. The van der Waals surface area contributed by atoms with Gasteiger partial charge in [0.25, 0.3) is 0 Å². The molecule has 0 saturated carbocycles. The van der Waals surface area contributed by atoms with Crippen molar-refractivity contribution < 1.29 is 19.4 Å². The highest BCUT2D eigenvalue weighted by Crippen LogP contribution is 2.32. The fraction of sp³-hybridized carbons (Fsp3) is 0.417. The van der Waals surface area contributed by atoms with Gasteiger partial charge in [-0.2, -0.15) is 0 Å². The topological polar surface area (TPSA) is 60.8 Å². The minimum absolute atomic E-state index is 0.0586. The fourth-order valence-electron chi connectivity index (χ4n) is 2.30. The molecule has 17 heavy (non-hydrogen) atoms. The summed E-state index contributed by atoms with van der Waals surface area (Å²) < 4.78 is 12.8. The van der Waals surface area contributed by atoms with Crippen molar-refractivity contribution in [3.05, 3.63) is 35.6 Å². The van der Waals surface area contributed by atoms with Crippen LogP contribution < -0.4 is 0 Å². The lowest BCUT2D eigenvalue weighted by Crippen LogP contribution is -2.27. The van der Waals surface area contributed by atoms with Crippen molar-refractivity contribution in [2.45, 2.75) is 5.92 Å². The maximum atomic E-state index is 12.8. The Morgan fingerprint density at radius 2 is 2.00 bits per heavy atom. The number of amides is 1. The second kappa shape index (κ2) is 4.71. The summed E-state index contributed by atoms with van der Waals surface area (Å²) in [7, 11) is 0. The molecule has 1 aromatic carbocycles. The number of hydrogen-bond donors (Lipinski definition) is 2. The molecule has 5 heteroatoms. The Morgan fingerprint density at radius 1 is 1.35 bits per heavy atom. The predicted molar refractivity (Wildman–Crippen MR) is 59.3 cm³/mol. The van der Waals surface area contributed by atoms with E-state index < -0.39 is 6.09 Å². The van der Waals surface area contributed by atoms with E-state index in [2.05, 4.69) is 0 Å². The largest absolute Gasteiger partial charge is 0.465 e. The third-order valence-electron chi connectivity index (χ3n) is 3.24. The summed E-state index contributed by atoms with van der Waals surface area (Å²) in [4.78, 5) is 12.2. The molecule has 0 radical (unpaired) electrons. The van der Waals surface area contributed by atoms with Crippen molar-refractivity contribution in [3.63, 3.8) is 0 Å². The van der Waals surface area contributed by atoms with Gasteiger partial charge in [0.15, 0.2) is 0 Å². The molecule has 2 unspecified atom stereocenters. The molecular formula is C12H14FNO3. The quantitative estimate of drug-likeness (QED) is 0.822. The second-order valence-electron chi connectivity index (χ2n) is 4.29. The van der Waals surface area contributed by atoms with E-state index in [0.717, 1.165) is 5.56 Å². The van der Waals surface area contributed by atoms with Crippen LogP contribution in [0.1, 0.15) is 11.5 Å². The monoisotopic (exact) mass is 239 g/mol. The summed E-state index contributed by atoms with van der Waals surface area (Å²) in [6.45, 7) is 0.617. The first kappa shape index (κ1) is 11.9. The number of aliphatic hydroxyl groups excluding tert-OH is 1. The minimum Gasteiger partial charge on any atom is -0.465 e. The van der Waals surface area contributed by atoms with Crippen molar-refractivity contribution in [1.82, 2.24) is 4.90 Å². The van der Waals surface area contributed by atoms with Gasteiger partial charge in [-0.15, -0.1) is 0 Å². The fourth-order valence-corrected chi connectivity index (χ4v) is 2.30. The van der Waals surface area contributed by atoms with E-state index in [0.29, 0.717) is 13.1 Å². The van der Waals surface area contributed by atoms with Gasteiger partial charge in [0.2, 0.25) is 0 Å². The lowest BCUT2D eigenvalue weighted by Gasteiger charge is -2.15. The number of likely N-dealkylation sites (tertiary alicyclic amines) is 1. The van der Waals surface area contributed by atoms with Crippen LogP contribution in [0.3, 0.4) is 0 Å². The Kier molecular flexibility index (Phi) is 3.28. The van der Waals surface area contributed by atoms with Gasteiger partial charge < -0.3 is 15.1 Å². The van der Waals surface area contributed by atoms with E-state index in [1.54, 1.807) is 12.1 Å². The van der Waals surface area contributed by atoms with Gasteiger partial charge in [-0.1, -0.05) is 12.1 Å². The number of benzene rings is 1. The molecule has 1 amide bonds. The van der Waals surface area contributed by atoms with Gasteiger partial charge in [0.05, 0.1) is 0 Å². The number of aliphatic hydroxyl groups is 1. The van der Waals surface area contributed by atoms with Crippen molar-refractivity contribution in [3.8, 4) is 0 Å². The third kappa shape index (κ3) is 2.39. The van der Waals surface area contributed by atoms with Crippen LogP contribution in [0, 0.1) is 11.7 Å². The normalized spacial score (nSPS) is 24.0. The molecule has 1 heterocycles. The van der Waals surface area contributed by atoms with Crippen LogP contribution in [-0.2, 0) is 0 Å². The molecule has 1 saturated heterocycles. The van der Waals surface area contributed by atoms with Crippen molar-refractivity contribution in [1.29, 1.82) is 0 Å². The molecule has 92 valence electrons. The number of halogens is 1. The van der Waals surface area contributed by atoms with Crippen LogP contribution in [-0.4, -0.2) is 40.9 Å². The lowest BCUT2D eigenvalue weighted by molar-refractivity contribution is 0.150. The first-order valence-electron chi connectivity index (χ1n) is 5.46. The average molecular weight is 239 g/mol. The van der Waals surface area contributed by atoms with Crippen LogP contribution in [0.4, 0.5) is 9.18 Å². The average Bonchev–Trinajstić information content (AvgIpc) is 2.74. The molecule has 0 spiro atoms. The molecule has 2 atom stereocenters. The maximum Gasteiger partial charge on any atom is 0.407 e. The molecule has 0 aromatic heterocycles. The van der Waals surface area contributed by atoms with E-state index in [4.69, 9.17) is 5.11 Å². The summed E-state index contributed by atoms with van der Waals surface area (Å²) in [6, 6.07) is 6.00. The number of nitrogens with zero attached hydrogens (tertiary/aromatic N) is 1. The summed E-state index contributed by atoms with van der Waals surface area (Å²) in [5, 5.41) is 18.2. The Labute approximate surface area is 98.3 Å². The van der Waals surface area contributed by atoms with Crippen LogP contribution in [0.25, 0.3) is 0 Å². The Morgan fingerprint density at radius 3 is 2.53 bits per heavy atom. The van der Waals surface area contributed by atoms with Gasteiger partial charge in [-0.25, -0.2) is 9.18 Å². The highest BCUT2D eigenvalue weighted by molar-refractivity contribution is 5.65. The van der Waals surface area contributed by atoms with Crippen LogP contribution >= 0.6 is 0 Å². The zero-order valence-electron chi connectivity index (χ0n) is 9.21. The molecule has 4 nitrogen and oxygen atoms in total. The van der Waals surface area contributed by atoms with Crippen LogP contribution in [0.2, 0.25) is 0 Å². The summed E-state index contributed by atoms with van der Waals surface area (Å²) in [5.41, 5.74) is 0.870. The lowest BCUT2D eigenvalue weighted by atomic mass is 9.89. The van der Waals surface area contributed by atoms with Gasteiger partial charge >= 0.3 is 6.09 Å². The van der Waals surface area contributed by atoms with Gasteiger partial charge in [-0.3, -0.25) is 0 Å². The first-order valence-corrected chi connectivity index (χ1v) is 5.46. The predicted octanol–water partition coefficient (Wildman–Crippen LogP) is 1.51. The maximum absolute atomic E-state index is 12.8. The smallest absolute Gasteiger partial charge is 0.407 e.